The second-order valence-corrected chi connectivity index (χ2v) is 5.16. The molecule has 0 saturated carbocycles. The van der Waals surface area contributed by atoms with Gasteiger partial charge < -0.3 is 4.90 Å². The normalized spacial score (nSPS) is 9.58. The quantitative estimate of drug-likeness (QED) is 0.732. The number of nitrogens with zero attached hydrogens (tertiary/aromatic N) is 3. The van der Waals surface area contributed by atoms with Gasteiger partial charge in [-0.15, -0.1) is 11.3 Å². The van der Waals surface area contributed by atoms with E-state index >= 15 is 0 Å². The van der Waals surface area contributed by atoms with Crippen molar-refractivity contribution in [2.75, 3.05) is 13.1 Å². The van der Waals surface area contributed by atoms with Gasteiger partial charge in [0, 0.05) is 24.4 Å². The van der Waals surface area contributed by atoms with Crippen LogP contribution in [0.1, 0.15) is 30.6 Å². The molecule has 0 spiro atoms. The molecular weight excluding hydrogens is 258 g/mol. The number of carbonyl (C=O) groups is 1. The number of hydrogen-bond donors (Lipinski definition) is 0. The summed E-state index contributed by atoms with van der Waals surface area (Å²) in [4.78, 5) is 14.9. The molecule has 0 aromatic carbocycles. The Kier molecular flexibility index (Phi) is 7.31. The van der Waals surface area contributed by atoms with E-state index in [0.29, 0.717) is 32.4 Å². The molecule has 0 atom stereocenters. The van der Waals surface area contributed by atoms with E-state index in [1.807, 2.05) is 23.6 Å². The summed E-state index contributed by atoms with van der Waals surface area (Å²) in [6.07, 6.45) is 2.85. The number of amides is 1. The van der Waals surface area contributed by atoms with E-state index in [1.165, 1.54) is 4.88 Å². The van der Waals surface area contributed by atoms with Gasteiger partial charge in [0.2, 0.25) is 5.91 Å². The van der Waals surface area contributed by atoms with E-state index in [4.69, 9.17) is 10.5 Å². The zero-order chi connectivity index (χ0) is 13.9. The van der Waals surface area contributed by atoms with E-state index in [1.54, 1.807) is 16.2 Å². The molecule has 1 aromatic rings. The fraction of sp³-hybridized carbons (Fsp3) is 0.500. The van der Waals surface area contributed by atoms with Crippen molar-refractivity contribution in [1.82, 2.24) is 4.90 Å². The molecule has 1 rings (SSSR count). The summed E-state index contributed by atoms with van der Waals surface area (Å²) >= 11 is 1.70. The maximum Gasteiger partial charge on any atom is 0.222 e. The Morgan fingerprint density at radius 1 is 1.26 bits per heavy atom. The summed E-state index contributed by atoms with van der Waals surface area (Å²) in [5.74, 6) is 0.0436. The summed E-state index contributed by atoms with van der Waals surface area (Å²) in [5, 5.41) is 19.2. The Bertz CT molecular complexity index is 438. The Morgan fingerprint density at radius 3 is 2.47 bits per heavy atom. The molecule has 0 fully saturated rings. The summed E-state index contributed by atoms with van der Waals surface area (Å²) in [6.45, 7) is 0.853. The number of nitriles is 2. The van der Waals surface area contributed by atoms with Crippen LogP contribution in [0, 0.1) is 22.7 Å². The van der Waals surface area contributed by atoms with Crippen molar-refractivity contribution >= 4 is 17.2 Å². The van der Waals surface area contributed by atoms with Crippen molar-refractivity contribution < 1.29 is 4.79 Å². The predicted molar refractivity (Wildman–Crippen MR) is 74.3 cm³/mol. The van der Waals surface area contributed by atoms with Gasteiger partial charge in [-0.3, -0.25) is 4.79 Å². The molecule has 1 aromatic heterocycles. The fourth-order valence-corrected chi connectivity index (χ4v) is 2.51. The van der Waals surface area contributed by atoms with Crippen LogP contribution in [0.3, 0.4) is 0 Å². The first-order chi connectivity index (χ1) is 9.27. The highest BCUT2D eigenvalue weighted by Crippen LogP contribution is 2.12. The smallest absolute Gasteiger partial charge is 0.222 e. The first-order valence-electron chi connectivity index (χ1n) is 6.32. The van der Waals surface area contributed by atoms with Gasteiger partial charge >= 0.3 is 0 Å². The van der Waals surface area contributed by atoms with Crippen molar-refractivity contribution in [2.45, 2.75) is 32.1 Å². The molecule has 0 aliphatic heterocycles. The molecule has 100 valence electrons. The minimum Gasteiger partial charge on any atom is -0.341 e. The minimum atomic E-state index is 0.0436. The SMILES string of the molecule is N#CCCN(CCC#N)C(=O)CCCc1cccs1. The van der Waals surface area contributed by atoms with Gasteiger partial charge in [-0.1, -0.05) is 6.07 Å². The van der Waals surface area contributed by atoms with E-state index in [0.717, 1.165) is 12.8 Å². The van der Waals surface area contributed by atoms with Crippen molar-refractivity contribution in [3.05, 3.63) is 22.4 Å². The Labute approximate surface area is 117 Å². The molecule has 0 saturated heterocycles. The molecule has 1 heterocycles. The van der Waals surface area contributed by atoms with Crippen LogP contribution in [0.15, 0.2) is 17.5 Å². The van der Waals surface area contributed by atoms with Crippen LogP contribution in [0.4, 0.5) is 0 Å². The lowest BCUT2D eigenvalue weighted by Crippen LogP contribution is -2.32. The average molecular weight is 275 g/mol. The molecule has 0 unspecified atom stereocenters. The highest BCUT2D eigenvalue weighted by Gasteiger charge is 2.12. The largest absolute Gasteiger partial charge is 0.341 e. The topological polar surface area (TPSA) is 67.9 Å². The lowest BCUT2D eigenvalue weighted by Gasteiger charge is -2.20. The zero-order valence-corrected chi connectivity index (χ0v) is 11.7. The minimum absolute atomic E-state index is 0.0436. The van der Waals surface area contributed by atoms with Crippen LogP contribution in [0.25, 0.3) is 0 Å². The molecule has 0 aliphatic carbocycles. The van der Waals surface area contributed by atoms with E-state index in [-0.39, 0.29) is 5.91 Å². The number of rotatable bonds is 8. The molecule has 19 heavy (non-hydrogen) atoms. The maximum atomic E-state index is 12.0. The number of thiophene rings is 1. The van der Waals surface area contributed by atoms with E-state index < -0.39 is 0 Å². The van der Waals surface area contributed by atoms with E-state index in [9.17, 15) is 4.79 Å². The highest BCUT2D eigenvalue weighted by atomic mass is 32.1. The van der Waals surface area contributed by atoms with Gasteiger partial charge in [-0.05, 0) is 24.3 Å². The lowest BCUT2D eigenvalue weighted by atomic mass is 10.2. The second-order valence-electron chi connectivity index (χ2n) is 4.13. The standard InChI is InChI=1S/C14H17N3OS/c15-8-3-10-17(11-4-9-16)14(18)7-1-5-13-6-2-12-19-13/h2,6,12H,1,3-5,7,10-11H2. The van der Waals surface area contributed by atoms with Gasteiger partial charge in [0.05, 0.1) is 25.0 Å². The van der Waals surface area contributed by atoms with Crippen LogP contribution in [-0.2, 0) is 11.2 Å². The highest BCUT2D eigenvalue weighted by molar-refractivity contribution is 7.09. The third-order valence-electron chi connectivity index (χ3n) is 2.73. The molecular formula is C14H17N3OS. The third kappa shape index (κ3) is 6.03. The van der Waals surface area contributed by atoms with Crippen molar-refractivity contribution in [3.8, 4) is 12.1 Å². The van der Waals surface area contributed by atoms with Gasteiger partial charge in [0.25, 0.3) is 0 Å². The third-order valence-corrected chi connectivity index (χ3v) is 3.67. The summed E-state index contributed by atoms with van der Waals surface area (Å²) in [7, 11) is 0. The Balaban J connectivity index is 2.34. The molecule has 0 bridgehead atoms. The van der Waals surface area contributed by atoms with Crippen molar-refractivity contribution in [2.24, 2.45) is 0 Å². The van der Waals surface area contributed by atoms with Crippen molar-refractivity contribution in [1.29, 1.82) is 10.5 Å². The fourth-order valence-electron chi connectivity index (χ4n) is 1.76. The van der Waals surface area contributed by atoms with Crippen LogP contribution in [-0.4, -0.2) is 23.9 Å². The number of carbonyl (C=O) groups excluding carboxylic acids is 1. The monoisotopic (exact) mass is 275 g/mol. The zero-order valence-electron chi connectivity index (χ0n) is 10.8. The van der Waals surface area contributed by atoms with Gasteiger partial charge in [-0.2, -0.15) is 10.5 Å². The second kappa shape index (κ2) is 9.13. The van der Waals surface area contributed by atoms with Gasteiger partial charge in [-0.25, -0.2) is 0 Å². The predicted octanol–water partition coefficient (Wildman–Crippen LogP) is 2.73. The first kappa shape index (κ1) is 15.2. The molecule has 5 heteroatoms. The lowest BCUT2D eigenvalue weighted by molar-refractivity contribution is -0.131. The van der Waals surface area contributed by atoms with Crippen LogP contribution in [0.2, 0.25) is 0 Å². The molecule has 0 N–H and O–H groups in total. The molecule has 0 aliphatic rings. The molecule has 4 nitrogen and oxygen atoms in total. The van der Waals surface area contributed by atoms with E-state index in [2.05, 4.69) is 6.07 Å². The molecule has 0 radical (unpaired) electrons. The number of aryl methyl sites for hydroxylation is 1. The van der Waals surface area contributed by atoms with Gasteiger partial charge in [0.1, 0.15) is 0 Å². The average Bonchev–Trinajstić information content (AvgIpc) is 2.92. The molecule has 1 amide bonds. The van der Waals surface area contributed by atoms with Gasteiger partial charge in [0.15, 0.2) is 0 Å². The maximum absolute atomic E-state index is 12.0. The summed E-state index contributed by atoms with van der Waals surface area (Å²) in [5.41, 5.74) is 0. The van der Waals surface area contributed by atoms with Crippen molar-refractivity contribution in [3.63, 3.8) is 0 Å². The number of hydrogen-bond acceptors (Lipinski definition) is 4. The Morgan fingerprint density at radius 2 is 1.95 bits per heavy atom. The Hall–Kier alpha value is -1.85. The summed E-state index contributed by atoms with van der Waals surface area (Å²) in [6, 6.07) is 8.14. The van der Waals surface area contributed by atoms with Crippen LogP contribution >= 0.6 is 11.3 Å². The first-order valence-corrected chi connectivity index (χ1v) is 7.20. The van der Waals surface area contributed by atoms with Crippen LogP contribution < -0.4 is 0 Å². The van der Waals surface area contributed by atoms with Crippen LogP contribution in [0.5, 0.6) is 0 Å². The summed E-state index contributed by atoms with van der Waals surface area (Å²) < 4.78 is 0.